The summed E-state index contributed by atoms with van der Waals surface area (Å²) in [6.07, 6.45) is 0.607. The first-order chi connectivity index (χ1) is 11.3. The van der Waals surface area contributed by atoms with Crippen LogP contribution < -0.4 is 10.1 Å². The van der Waals surface area contributed by atoms with Crippen molar-refractivity contribution in [2.75, 3.05) is 13.7 Å². The highest BCUT2D eigenvalue weighted by molar-refractivity contribution is 5.91. The first-order valence-electron chi connectivity index (χ1n) is 8.31. The zero-order valence-corrected chi connectivity index (χ0v) is 14.9. The number of carbonyl (C=O) groups is 1. The number of fused-ring (bicyclic) bond motifs is 1. The number of aliphatic hydroxyl groups excluding tert-OH is 1. The van der Waals surface area contributed by atoms with Gasteiger partial charge in [-0.2, -0.15) is 0 Å². The summed E-state index contributed by atoms with van der Waals surface area (Å²) < 4.78 is 5.29. The number of aliphatic hydroxyl groups is 1. The molecule has 0 radical (unpaired) electrons. The van der Waals surface area contributed by atoms with Gasteiger partial charge in [0.15, 0.2) is 0 Å². The van der Waals surface area contributed by atoms with E-state index in [1.807, 2.05) is 50.2 Å². The maximum absolute atomic E-state index is 12.3. The molecular formula is C20H27NO3. The van der Waals surface area contributed by atoms with Crippen LogP contribution in [0.15, 0.2) is 36.4 Å². The van der Waals surface area contributed by atoms with Gasteiger partial charge in [0, 0.05) is 6.54 Å². The lowest BCUT2D eigenvalue weighted by atomic mass is 9.87. The highest BCUT2D eigenvalue weighted by Gasteiger charge is 2.21. The molecule has 2 aromatic carbocycles. The van der Waals surface area contributed by atoms with Crippen LogP contribution >= 0.6 is 0 Å². The second-order valence-electron chi connectivity index (χ2n) is 7.18. The van der Waals surface area contributed by atoms with Crippen molar-refractivity contribution in [3.05, 3.63) is 42.0 Å². The molecule has 24 heavy (non-hydrogen) atoms. The maximum Gasteiger partial charge on any atom is 0.224 e. The van der Waals surface area contributed by atoms with Gasteiger partial charge in [0.1, 0.15) is 5.75 Å². The van der Waals surface area contributed by atoms with Crippen molar-refractivity contribution in [1.82, 2.24) is 5.32 Å². The Hall–Kier alpha value is -2.07. The average Bonchev–Trinajstić information content (AvgIpc) is 2.52. The van der Waals surface area contributed by atoms with E-state index in [2.05, 4.69) is 5.32 Å². The van der Waals surface area contributed by atoms with Gasteiger partial charge in [0.05, 0.1) is 19.6 Å². The van der Waals surface area contributed by atoms with E-state index in [4.69, 9.17) is 4.74 Å². The molecule has 0 saturated carbocycles. The number of benzene rings is 2. The number of carbonyl (C=O) groups excluding carboxylic acids is 1. The molecule has 0 heterocycles. The van der Waals surface area contributed by atoms with Crippen LogP contribution in [0.1, 0.15) is 32.8 Å². The second-order valence-corrected chi connectivity index (χ2v) is 7.18. The van der Waals surface area contributed by atoms with E-state index in [0.717, 1.165) is 22.1 Å². The van der Waals surface area contributed by atoms with Crippen LogP contribution in [0.25, 0.3) is 10.8 Å². The number of nitrogens with one attached hydrogen (secondary N) is 1. The summed E-state index contributed by atoms with van der Waals surface area (Å²) in [6.45, 7) is 6.41. The molecule has 0 bridgehead atoms. The molecule has 1 amide bonds. The number of hydrogen-bond acceptors (Lipinski definition) is 3. The lowest BCUT2D eigenvalue weighted by Gasteiger charge is -2.26. The van der Waals surface area contributed by atoms with E-state index in [0.29, 0.717) is 19.4 Å². The number of methoxy groups -OCH3 is 1. The number of amides is 1. The van der Waals surface area contributed by atoms with E-state index >= 15 is 0 Å². The van der Waals surface area contributed by atoms with Gasteiger partial charge in [-0.05, 0) is 47.2 Å². The van der Waals surface area contributed by atoms with Crippen LogP contribution in [0.4, 0.5) is 0 Å². The Morgan fingerprint density at radius 2 is 2.04 bits per heavy atom. The minimum Gasteiger partial charge on any atom is -0.497 e. The Kier molecular flexibility index (Phi) is 5.84. The third kappa shape index (κ3) is 4.96. The topological polar surface area (TPSA) is 58.6 Å². The van der Waals surface area contributed by atoms with Crippen molar-refractivity contribution in [1.29, 1.82) is 0 Å². The molecule has 0 fully saturated rings. The van der Waals surface area contributed by atoms with Crippen molar-refractivity contribution in [3.8, 4) is 5.75 Å². The van der Waals surface area contributed by atoms with Crippen molar-refractivity contribution < 1.29 is 14.6 Å². The molecule has 2 N–H and O–H groups in total. The molecule has 1 unspecified atom stereocenters. The molecule has 2 rings (SSSR count). The largest absolute Gasteiger partial charge is 0.497 e. The zero-order chi connectivity index (χ0) is 17.7. The fourth-order valence-electron chi connectivity index (χ4n) is 3.04. The van der Waals surface area contributed by atoms with E-state index in [9.17, 15) is 9.90 Å². The third-order valence-corrected chi connectivity index (χ3v) is 4.14. The second kappa shape index (κ2) is 7.67. The fourth-order valence-corrected chi connectivity index (χ4v) is 3.04. The minimum absolute atomic E-state index is 0.0102. The lowest BCUT2D eigenvalue weighted by molar-refractivity contribution is -0.121. The van der Waals surface area contributed by atoms with Crippen LogP contribution in [-0.4, -0.2) is 30.8 Å². The predicted molar refractivity (Wildman–Crippen MR) is 97.3 cm³/mol. The zero-order valence-electron chi connectivity index (χ0n) is 14.9. The van der Waals surface area contributed by atoms with Crippen molar-refractivity contribution >= 4 is 16.7 Å². The molecule has 0 aliphatic heterocycles. The van der Waals surface area contributed by atoms with E-state index < -0.39 is 0 Å². The van der Waals surface area contributed by atoms with E-state index in [1.54, 1.807) is 14.0 Å². The van der Waals surface area contributed by atoms with Gasteiger partial charge in [0.25, 0.3) is 0 Å². The average molecular weight is 329 g/mol. The molecular weight excluding hydrogens is 302 g/mol. The van der Waals surface area contributed by atoms with Gasteiger partial charge in [-0.15, -0.1) is 0 Å². The van der Waals surface area contributed by atoms with Gasteiger partial charge in [-0.1, -0.05) is 38.1 Å². The summed E-state index contributed by atoms with van der Waals surface area (Å²) in [6, 6.07) is 11.9. The molecule has 0 aliphatic carbocycles. The summed E-state index contributed by atoms with van der Waals surface area (Å²) in [5, 5.41) is 14.7. The number of ether oxygens (including phenoxy) is 1. The van der Waals surface area contributed by atoms with E-state index in [-0.39, 0.29) is 17.4 Å². The summed E-state index contributed by atoms with van der Waals surface area (Å²) in [7, 11) is 1.64. The van der Waals surface area contributed by atoms with Crippen LogP contribution in [0.2, 0.25) is 0 Å². The number of rotatable bonds is 7. The summed E-state index contributed by atoms with van der Waals surface area (Å²) in [5.74, 6) is 0.775. The van der Waals surface area contributed by atoms with Gasteiger partial charge in [-0.25, -0.2) is 0 Å². The van der Waals surface area contributed by atoms with Gasteiger partial charge >= 0.3 is 0 Å². The Morgan fingerprint density at radius 1 is 1.29 bits per heavy atom. The highest BCUT2D eigenvalue weighted by atomic mass is 16.5. The molecule has 0 aliphatic rings. The van der Waals surface area contributed by atoms with E-state index in [1.165, 1.54) is 0 Å². The minimum atomic E-state index is -0.373. The van der Waals surface area contributed by atoms with Crippen LogP contribution in [0.5, 0.6) is 5.75 Å². The molecule has 0 aromatic heterocycles. The first-order valence-corrected chi connectivity index (χ1v) is 8.31. The van der Waals surface area contributed by atoms with Gasteiger partial charge in [0.2, 0.25) is 5.91 Å². The van der Waals surface area contributed by atoms with Crippen molar-refractivity contribution in [2.45, 2.75) is 39.7 Å². The van der Waals surface area contributed by atoms with Crippen LogP contribution in [0.3, 0.4) is 0 Å². The Labute approximate surface area is 143 Å². The highest BCUT2D eigenvalue weighted by Crippen LogP contribution is 2.25. The fraction of sp³-hybridized carbons (Fsp3) is 0.450. The molecule has 1 atom stereocenters. The Balaban J connectivity index is 2.08. The molecule has 2 aromatic rings. The van der Waals surface area contributed by atoms with Crippen LogP contribution in [-0.2, 0) is 11.2 Å². The third-order valence-electron chi connectivity index (χ3n) is 4.14. The summed E-state index contributed by atoms with van der Waals surface area (Å²) >= 11 is 0. The first kappa shape index (κ1) is 18.3. The smallest absolute Gasteiger partial charge is 0.224 e. The SMILES string of the molecule is COc1ccc2cccc(CC(=O)NCC(C)(C)CC(C)O)c2c1. The van der Waals surface area contributed by atoms with Gasteiger partial charge < -0.3 is 15.2 Å². The van der Waals surface area contributed by atoms with Crippen molar-refractivity contribution in [2.24, 2.45) is 5.41 Å². The number of hydrogen-bond donors (Lipinski definition) is 2. The normalized spacial score (nSPS) is 12.9. The van der Waals surface area contributed by atoms with Gasteiger partial charge in [-0.3, -0.25) is 4.79 Å². The Morgan fingerprint density at radius 3 is 2.71 bits per heavy atom. The van der Waals surface area contributed by atoms with Crippen molar-refractivity contribution in [3.63, 3.8) is 0 Å². The monoisotopic (exact) mass is 329 g/mol. The summed E-state index contributed by atoms with van der Waals surface area (Å²) in [4.78, 5) is 12.3. The molecule has 0 saturated heterocycles. The molecule has 130 valence electrons. The molecule has 4 nitrogen and oxygen atoms in total. The predicted octanol–water partition coefficient (Wildman–Crippen LogP) is 3.30. The lowest BCUT2D eigenvalue weighted by Crippen LogP contribution is -2.36. The quantitative estimate of drug-likeness (QED) is 0.819. The molecule has 0 spiro atoms. The molecule has 4 heteroatoms. The maximum atomic E-state index is 12.3. The van der Waals surface area contributed by atoms with Crippen LogP contribution in [0, 0.1) is 5.41 Å². The standard InChI is InChI=1S/C20H27NO3/c1-14(22)12-20(2,3)13-21-19(23)10-16-7-5-6-15-8-9-17(24-4)11-18(15)16/h5-9,11,14,22H,10,12-13H2,1-4H3,(H,21,23). The Bertz CT molecular complexity index is 707. The summed E-state index contributed by atoms with van der Waals surface area (Å²) in [5.41, 5.74) is 0.850.